The molecular weight excluding hydrogens is 250 g/mol. The number of nitrogens with one attached hydrogen (secondary N) is 1. The summed E-state index contributed by atoms with van der Waals surface area (Å²) in [4.78, 5) is 16.7. The summed E-state index contributed by atoms with van der Waals surface area (Å²) in [5.41, 5.74) is 0. The van der Waals surface area contributed by atoms with Crippen molar-refractivity contribution in [2.45, 2.75) is 46.0 Å². The molecule has 2 aliphatic heterocycles. The zero-order valence-electron chi connectivity index (χ0n) is 13.2. The van der Waals surface area contributed by atoms with E-state index in [0.29, 0.717) is 5.92 Å². The van der Waals surface area contributed by atoms with Crippen LogP contribution in [0.25, 0.3) is 0 Å². The first-order valence-corrected chi connectivity index (χ1v) is 8.48. The summed E-state index contributed by atoms with van der Waals surface area (Å²) in [6.07, 6.45) is 6.07. The van der Waals surface area contributed by atoms with Gasteiger partial charge >= 0.3 is 6.03 Å². The molecule has 4 heteroatoms. The molecule has 0 spiro atoms. The third kappa shape index (κ3) is 4.37. The maximum absolute atomic E-state index is 12.2. The van der Waals surface area contributed by atoms with Gasteiger partial charge in [0.25, 0.3) is 0 Å². The van der Waals surface area contributed by atoms with Gasteiger partial charge in [-0.3, -0.25) is 0 Å². The molecule has 0 aromatic heterocycles. The lowest BCUT2D eigenvalue weighted by molar-refractivity contribution is 0.160. The van der Waals surface area contributed by atoms with Gasteiger partial charge in [-0.1, -0.05) is 20.3 Å². The van der Waals surface area contributed by atoms with Gasteiger partial charge in [0.2, 0.25) is 0 Å². The van der Waals surface area contributed by atoms with Gasteiger partial charge in [0.1, 0.15) is 0 Å². The minimum Gasteiger partial charge on any atom is -0.338 e. The van der Waals surface area contributed by atoms with Gasteiger partial charge in [0.05, 0.1) is 0 Å². The Balaban J connectivity index is 1.63. The zero-order chi connectivity index (χ0) is 14.4. The topological polar surface area (TPSA) is 35.6 Å². The first-order chi connectivity index (χ1) is 9.72. The fourth-order valence-electron chi connectivity index (χ4n) is 3.39. The summed E-state index contributed by atoms with van der Waals surface area (Å²) in [6, 6.07) is 0.164. The van der Waals surface area contributed by atoms with Crippen molar-refractivity contribution in [1.82, 2.24) is 15.1 Å². The second-order valence-electron chi connectivity index (χ2n) is 6.40. The van der Waals surface area contributed by atoms with Crippen molar-refractivity contribution in [3.05, 3.63) is 0 Å². The average Bonchev–Trinajstić information content (AvgIpc) is 2.53. The van der Waals surface area contributed by atoms with Gasteiger partial charge in [-0.2, -0.15) is 0 Å². The Hall–Kier alpha value is -0.770. The van der Waals surface area contributed by atoms with Crippen molar-refractivity contribution >= 4 is 6.03 Å². The largest absolute Gasteiger partial charge is 0.338 e. The van der Waals surface area contributed by atoms with E-state index in [4.69, 9.17) is 0 Å². The second-order valence-corrected chi connectivity index (χ2v) is 6.40. The summed E-state index contributed by atoms with van der Waals surface area (Å²) in [6.45, 7) is 10.8. The number of rotatable bonds is 4. The Bertz CT molecular complexity index is 292. The Labute approximate surface area is 123 Å². The molecule has 0 aromatic carbocycles. The summed E-state index contributed by atoms with van der Waals surface area (Å²) >= 11 is 0. The summed E-state index contributed by atoms with van der Waals surface area (Å²) in [7, 11) is 0. The minimum atomic E-state index is 0.164. The van der Waals surface area contributed by atoms with E-state index in [-0.39, 0.29) is 6.03 Å². The molecule has 4 nitrogen and oxygen atoms in total. The molecule has 0 bridgehead atoms. The fraction of sp³-hybridized carbons (Fsp3) is 0.938. The number of carbonyl (C=O) groups is 1. The van der Waals surface area contributed by atoms with Gasteiger partial charge in [-0.15, -0.1) is 0 Å². The van der Waals surface area contributed by atoms with E-state index in [1.165, 1.54) is 45.2 Å². The van der Waals surface area contributed by atoms with E-state index in [2.05, 4.69) is 24.1 Å². The van der Waals surface area contributed by atoms with Crippen LogP contribution in [-0.2, 0) is 0 Å². The number of nitrogens with zero attached hydrogens (tertiary/aromatic N) is 2. The molecule has 20 heavy (non-hydrogen) atoms. The lowest BCUT2D eigenvalue weighted by atomic mass is 9.94. The van der Waals surface area contributed by atoms with Crippen LogP contribution in [0.5, 0.6) is 0 Å². The van der Waals surface area contributed by atoms with Crippen LogP contribution in [0.15, 0.2) is 0 Å². The van der Waals surface area contributed by atoms with Crippen LogP contribution in [0.3, 0.4) is 0 Å². The van der Waals surface area contributed by atoms with E-state index < -0.39 is 0 Å². The molecule has 1 N–H and O–H groups in total. The van der Waals surface area contributed by atoms with Crippen LogP contribution in [-0.4, -0.2) is 55.1 Å². The van der Waals surface area contributed by atoms with Crippen molar-refractivity contribution in [1.29, 1.82) is 0 Å². The normalized spacial score (nSPS) is 23.0. The highest BCUT2D eigenvalue weighted by molar-refractivity contribution is 5.74. The number of carbonyl (C=O) groups excluding carboxylic acids is 1. The van der Waals surface area contributed by atoms with E-state index in [0.717, 1.165) is 32.1 Å². The number of likely N-dealkylation sites (tertiary alicyclic amines) is 2. The van der Waals surface area contributed by atoms with Crippen LogP contribution >= 0.6 is 0 Å². The van der Waals surface area contributed by atoms with Crippen LogP contribution in [0.4, 0.5) is 4.79 Å². The molecule has 2 aliphatic rings. The maximum Gasteiger partial charge on any atom is 0.317 e. The van der Waals surface area contributed by atoms with E-state index in [1.807, 2.05) is 4.90 Å². The second kappa shape index (κ2) is 7.87. The van der Waals surface area contributed by atoms with Crippen molar-refractivity contribution in [3.8, 4) is 0 Å². The lowest BCUT2D eigenvalue weighted by Gasteiger charge is -2.33. The molecule has 0 unspecified atom stereocenters. The van der Waals surface area contributed by atoms with Gasteiger partial charge in [-0.25, -0.2) is 4.79 Å². The number of amides is 2. The quantitative estimate of drug-likeness (QED) is 0.859. The number of urea groups is 1. The van der Waals surface area contributed by atoms with Gasteiger partial charge in [0.15, 0.2) is 0 Å². The molecule has 0 aliphatic carbocycles. The molecule has 116 valence electrons. The number of hydrogen-bond acceptors (Lipinski definition) is 2. The summed E-state index contributed by atoms with van der Waals surface area (Å²) in [5.74, 6) is 1.51. The molecule has 0 saturated carbocycles. The van der Waals surface area contributed by atoms with Crippen molar-refractivity contribution in [3.63, 3.8) is 0 Å². The Morgan fingerprint density at radius 2 is 1.60 bits per heavy atom. The summed E-state index contributed by atoms with van der Waals surface area (Å²) < 4.78 is 0. The molecule has 2 heterocycles. The first kappa shape index (κ1) is 15.6. The Kier molecular flexibility index (Phi) is 6.14. The Morgan fingerprint density at radius 1 is 1.00 bits per heavy atom. The average molecular weight is 281 g/mol. The predicted octanol–water partition coefficient (Wildman–Crippen LogP) is 2.55. The highest BCUT2D eigenvalue weighted by Gasteiger charge is 2.23. The maximum atomic E-state index is 12.2. The molecule has 2 amide bonds. The van der Waals surface area contributed by atoms with Gasteiger partial charge in [0, 0.05) is 19.6 Å². The number of piperidine rings is 2. The third-order valence-electron chi connectivity index (χ3n) is 5.18. The standard InChI is InChI=1S/C16H31N3O/c1-3-14-7-11-19(12-8-14)16(20)17-13-15-5-9-18(4-2)10-6-15/h14-15H,3-13H2,1-2H3,(H,17,20). The molecule has 0 radical (unpaired) electrons. The SMILES string of the molecule is CCC1CCN(C(=O)NCC2CCN(CC)CC2)CC1. The first-order valence-electron chi connectivity index (χ1n) is 8.48. The minimum absolute atomic E-state index is 0.164. The molecule has 0 atom stereocenters. The van der Waals surface area contributed by atoms with Crippen LogP contribution in [0.1, 0.15) is 46.0 Å². The van der Waals surface area contributed by atoms with Crippen molar-refractivity contribution in [2.75, 3.05) is 39.3 Å². The van der Waals surface area contributed by atoms with Crippen molar-refractivity contribution in [2.24, 2.45) is 11.8 Å². The van der Waals surface area contributed by atoms with E-state index in [9.17, 15) is 4.79 Å². The fourth-order valence-corrected chi connectivity index (χ4v) is 3.39. The van der Waals surface area contributed by atoms with Crippen molar-refractivity contribution < 1.29 is 4.79 Å². The van der Waals surface area contributed by atoms with Gasteiger partial charge < -0.3 is 15.1 Å². The molecule has 2 rings (SSSR count). The molecule has 0 aromatic rings. The highest BCUT2D eigenvalue weighted by atomic mass is 16.2. The zero-order valence-corrected chi connectivity index (χ0v) is 13.2. The van der Waals surface area contributed by atoms with E-state index in [1.54, 1.807) is 0 Å². The molecule has 2 fully saturated rings. The predicted molar refractivity (Wildman–Crippen MR) is 82.8 cm³/mol. The van der Waals surface area contributed by atoms with Crippen LogP contribution in [0.2, 0.25) is 0 Å². The molecule has 2 saturated heterocycles. The molecular formula is C16H31N3O. The summed E-state index contributed by atoms with van der Waals surface area (Å²) in [5, 5.41) is 3.16. The van der Waals surface area contributed by atoms with Gasteiger partial charge in [-0.05, 0) is 57.2 Å². The monoisotopic (exact) mass is 281 g/mol. The number of hydrogen-bond donors (Lipinski definition) is 1. The third-order valence-corrected chi connectivity index (χ3v) is 5.18. The van der Waals surface area contributed by atoms with E-state index >= 15 is 0 Å². The Morgan fingerprint density at radius 3 is 2.15 bits per heavy atom. The van der Waals surface area contributed by atoms with Crippen LogP contribution in [0, 0.1) is 11.8 Å². The highest BCUT2D eigenvalue weighted by Crippen LogP contribution is 2.20. The lowest BCUT2D eigenvalue weighted by Crippen LogP contribution is -2.46. The van der Waals surface area contributed by atoms with Crippen LogP contribution < -0.4 is 5.32 Å². The smallest absolute Gasteiger partial charge is 0.317 e.